The number of nitrogens with one attached hydrogen (secondary N) is 1. The minimum Gasteiger partial charge on any atom is -0.351 e. The lowest BCUT2D eigenvalue weighted by Gasteiger charge is -2.64. The van der Waals surface area contributed by atoms with Crippen LogP contribution in [0.3, 0.4) is 0 Å². The zero-order valence-electron chi connectivity index (χ0n) is 13.1. The molecule has 1 aromatic rings. The van der Waals surface area contributed by atoms with Gasteiger partial charge in [-0.15, -0.1) is 11.3 Å². The summed E-state index contributed by atoms with van der Waals surface area (Å²) in [4.78, 5) is 14.2. The third-order valence-corrected chi connectivity index (χ3v) is 6.99. The lowest BCUT2D eigenvalue weighted by Crippen LogP contribution is -2.59. The first kappa shape index (κ1) is 13.8. The van der Waals surface area contributed by atoms with Crippen molar-refractivity contribution in [1.82, 2.24) is 5.32 Å². The van der Waals surface area contributed by atoms with Crippen molar-refractivity contribution in [2.75, 3.05) is 0 Å². The van der Waals surface area contributed by atoms with Crippen LogP contribution in [0.1, 0.15) is 57.2 Å². The van der Waals surface area contributed by atoms with Crippen molar-refractivity contribution >= 4 is 17.2 Å². The Bertz CT molecular complexity index is 546. The van der Waals surface area contributed by atoms with Crippen molar-refractivity contribution in [3.8, 4) is 0 Å². The normalized spacial score (nSPS) is 44.0. The highest BCUT2D eigenvalue weighted by atomic mass is 32.1. The second-order valence-corrected chi connectivity index (χ2v) is 9.70. The van der Waals surface area contributed by atoms with E-state index in [0.29, 0.717) is 23.3 Å². The maximum absolute atomic E-state index is 13.0. The highest BCUT2D eigenvalue weighted by Crippen LogP contribution is 2.69. The van der Waals surface area contributed by atoms with Crippen molar-refractivity contribution in [3.05, 3.63) is 22.4 Å². The van der Waals surface area contributed by atoms with E-state index in [1.807, 2.05) is 0 Å². The molecule has 4 bridgehead atoms. The van der Waals surface area contributed by atoms with Crippen LogP contribution in [0.15, 0.2) is 17.5 Å². The largest absolute Gasteiger partial charge is 0.351 e. The van der Waals surface area contributed by atoms with Gasteiger partial charge < -0.3 is 5.32 Å². The number of hydrogen-bond donors (Lipinski definition) is 1. The molecule has 4 fully saturated rings. The lowest BCUT2D eigenvalue weighted by molar-refractivity contribution is -0.170. The Morgan fingerprint density at radius 3 is 2.52 bits per heavy atom. The molecule has 0 aliphatic heterocycles. The Morgan fingerprint density at radius 2 is 1.95 bits per heavy atom. The van der Waals surface area contributed by atoms with E-state index < -0.39 is 0 Å². The van der Waals surface area contributed by atoms with Gasteiger partial charge in [0.15, 0.2) is 0 Å². The van der Waals surface area contributed by atoms with E-state index in [2.05, 4.69) is 36.7 Å². The Morgan fingerprint density at radius 1 is 1.24 bits per heavy atom. The molecule has 5 rings (SSSR count). The van der Waals surface area contributed by atoms with Gasteiger partial charge in [0.25, 0.3) is 0 Å². The summed E-state index contributed by atoms with van der Waals surface area (Å²) in [5.41, 5.74) is 0.753. The summed E-state index contributed by atoms with van der Waals surface area (Å²) in [5, 5.41) is 5.33. The Kier molecular flexibility index (Phi) is 2.86. The molecular formula is C18H25NOS. The minimum absolute atomic E-state index is 0.0693. The predicted molar refractivity (Wildman–Crippen MR) is 86.0 cm³/mol. The van der Waals surface area contributed by atoms with Gasteiger partial charge in [-0.3, -0.25) is 4.79 Å². The number of thiophene rings is 1. The van der Waals surface area contributed by atoms with Crippen LogP contribution in [-0.2, 0) is 11.3 Å². The van der Waals surface area contributed by atoms with Crippen LogP contribution in [0, 0.1) is 22.2 Å². The zero-order valence-corrected chi connectivity index (χ0v) is 13.9. The van der Waals surface area contributed by atoms with E-state index in [1.54, 1.807) is 11.3 Å². The number of amides is 1. The molecule has 114 valence electrons. The van der Waals surface area contributed by atoms with Gasteiger partial charge in [0.2, 0.25) is 5.91 Å². The second kappa shape index (κ2) is 4.34. The molecule has 1 N–H and O–H groups in total. The molecule has 3 heteroatoms. The molecule has 1 amide bonds. The fourth-order valence-electron chi connectivity index (χ4n) is 6.47. The monoisotopic (exact) mass is 303 g/mol. The first-order chi connectivity index (χ1) is 9.91. The molecule has 0 spiro atoms. The Balaban J connectivity index is 1.54. The highest BCUT2D eigenvalue weighted by Gasteiger charge is 2.62. The summed E-state index contributed by atoms with van der Waals surface area (Å²) in [6.45, 7) is 5.56. The van der Waals surface area contributed by atoms with E-state index in [1.165, 1.54) is 24.1 Å². The molecular weight excluding hydrogens is 278 g/mol. The van der Waals surface area contributed by atoms with Crippen LogP contribution in [0.25, 0.3) is 0 Å². The van der Waals surface area contributed by atoms with Gasteiger partial charge in [0.1, 0.15) is 0 Å². The van der Waals surface area contributed by atoms with Gasteiger partial charge in [-0.1, -0.05) is 19.9 Å². The topological polar surface area (TPSA) is 29.1 Å². The molecule has 0 radical (unpaired) electrons. The maximum atomic E-state index is 13.0. The van der Waals surface area contributed by atoms with Gasteiger partial charge in [-0.25, -0.2) is 0 Å². The van der Waals surface area contributed by atoms with Crippen LogP contribution in [-0.4, -0.2) is 5.91 Å². The van der Waals surface area contributed by atoms with E-state index in [9.17, 15) is 4.79 Å². The fourth-order valence-corrected chi connectivity index (χ4v) is 7.11. The third kappa shape index (κ3) is 2.25. The van der Waals surface area contributed by atoms with E-state index >= 15 is 0 Å². The molecule has 21 heavy (non-hydrogen) atoms. The number of carbonyl (C=O) groups is 1. The smallest absolute Gasteiger partial charge is 0.226 e. The van der Waals surface area contributed by atoms with Gasteiger partial charge in [-0.05, 0) is 66.7 Å². The SMILES string of the molecule is CC12CC3CC(C)(C1)CC(C(=O)NCc1cccs1)(C3)C2. The molecule has 4 aliphatic carbocycles. The fraction of sp³-hybridized carbons (Fsp3) is 0.722. The van der Waals surface area contributed by atoms with Crippen LogP contribution >= 0.6 is 11.3 Å². The van der Waals surface area contributed by atoms with Crippen molar-refractivity contribution in [3.63, 3.8) is 0 Å². The van der Waals surface area contributed by atoms with Crippen molar-refractivity contribution in [2.45, 2.75) is 58.9 Å². The number of rotatable bonds is 3. The van der Waals surface area contributed by atoms with Crippen LogP contribution < -0.4 is 5.32 Å². The Labute approximate surface area is 131 Å². The van der Waals surface area contributed by atoms with Gasteiger partial charge in [-0.2, -0.15) is 0 Å². The summed E-state index contributed by atoms with van der Waals surface area (Å²) in [5.74, 6) is 1.11. The molecule has 2 atom stereocenters. The minimum atomic E-state index is -0.0693. The van der Waals surface area contributed by atoms with Gasteiger partial charge in [0.05, 0.1) is 12.0 Å². The van der Waals surface area contributed by atoms with Crippen LogP contribution in [0.5, 0.6) is 0 Å². The quantitative estimate of drug-likeness (QED) is 0.883. The lowest BCUT2D eigenvalue weighted by atomic mass is 9.40. The molecule has 0 aromatic carbocycles. The zero-order chi connectivity index (χ0) is 14.7. The molecule has 1 aromatic heterocycles. The summed E-state index contributed by atoms with van der Waals surface area (Å²) in [7, 11) is 0. The average molecular weight is 303 g/mol. The molecule has 4 aliphatic rings. The Hall–Kier alpha value is -0.830. The highest BCUT2D eigenvalue weighted by molar-refractivity contribution is 7.09. The van der Waals surface area contributed by atoms with Crippen molar-refractivity contribution in [2.24, 2.45) is 22.2 Å². The van der Waals surface area contributed by atoms with Crippen molar-refractivity contribution < 1.29 is 4.79 Å². The molecule has 2 unspecified atom stereocenters. The van der Waals surface area contributed by atoms with E-state index in [4.69, 9.17) is 0 Å². The number of carbonyl (C=O) groups excluding carboxylic acids is 1. The second-order valence-electron chi connectivity index (χ2n) is 8.67. The van der Waals surface area contributed by atoms with Gasteiger partial charge in [0, 0.05) is 4.88 Å². The molecule has 0 saturated heterocycles. The first-order valence-corrected chi connectivity index (χ1v) is 9.09. The molecule has 4 saturated carbocycles. The summed E-state index contributed by atoms with van der Waals surface area (Å²) in [6, 6.07) is 4.16. The van der Waals surface area contributed by atoms with Crippen LogP contribution in [0.2, 0.25) is 0 Å². The summed E-state index contributed by atoms with van der Waals surface area (Å²) in [6.07, 6.45) is 7.39. The summed E-state index contributed by atoms with van der Waals surface area (Å²) >= 11 is 1.73. The van der Waals surface area contributed by atoms with Crippen molar-refractivity contribution in [1.29, 1.82) is 0 Å². The average Bonchev–Trinajstić information content (AvgIpc) is 2.84. The number of hydrogen-bond acceptors (Lipinski definition) is 2. The van der Waals surface area contributed by atoms with Crippen LogP contribution in [0.4, 0.5) is 0 Å². The summed E-state index contributed by atoms with van der Waals surface area (Å²) < 4.78 is 0. The maximum Gasteiger partial charge on any atom is 0.226 e. The first-order valence-electron chi connectivity index (χ1n) is 8.21. The molecule has 2 nitrogen and oxygen atoms in total. The van der Waals surface area contributed by atoms with E-state index in [0.717, 1.165) is 25.2 Å². The predicted octanol–water partition coefficient (Wildman–Crippen LogP) is 4.36. The molecule has 1 heterocycles. The van der Waals surface area contributed by atoms with E-state index in [-0.39, 0.29) is 5.41 Å². The standard InChI is InChI=1S/C18H25NOS/c1-16-6-13-7-17(2,10-16)12-18(8-13,11-16)15(20)19-9-14-4-3-5-21-14/h3-5,13H,6-12H2,1-2H3,(H,19,20). The third-order valence-electron chi connectivity index (χ3n) is 6.11. The van der Waals surface area contributed by atoms with Gasteiger partial charge >= 0.3 is 0 Å².